The van der Waals surface area contributed by atoms with Crippen LogP contribution in [0.4, 0.5) is 0 Å². The molecule has 1 aliphatic heterocycles. The van der Waals surface area contributed by atoms with Crippen LogP contribution < -0.4 is 4.74 Å². The second kappa shape index (κ2) is 29.3. The van der Waals surface area contributed by atoms with Gasteiger partial charge in [0.15, 0.2) is 45.3 Å². The summed E-state index contributed by atoms with van der Waals surface area (Å²) >= 11 is 0. The van der Waals surface area contributed by atoms with Crippen LogP contribution in [-0.4, -0.2) is 123 Å². The zero-order chi connectivity index (χ0) is 52.4. The Hall–Kier alpha value is -0.842. The zero-order valence-electron chi connectivity index (χ0n) is 47.8. The number of benzene rings is 1. The van der Waals surface area contributed by atoms with E-state index in [0.717, 1.165) is 66.8 Å². The molecule has 0 bridgehead atoms. The largest absolute Gasteiger partial charge is 0.497 e. The van der Waals surface area contributed by atoms with Gasteiger partial charge < -0.3 is 50.9 Å². The highest BCUT2D eigenvalue weighted by atomic mass is 28.4. The summed E-state index contributed by atoms with van der Waals surface area (Å²) in [6.45, 7) is 41.3. The van der Waals surface area contributed by atoms with Crippen molar-refractivity contribution in [2.24, 2.45) is 11.8 Å². The van der Waals surface area contributed by atoms with E-state index in [2.05, 4.69) is 135 Å². The van der Waals surface area contributed by atoms with Crippen LogP contribution in [0.5, 0.6) is 5.75 Å². The summed E-state index contributed by atoms with van der Waals surface area (Å²) in [4.78, 5) is 15.9. The molecule has 0 unspecified atom stereocenters. The van der Waals surface area contributed by atoms with Crippen molar-refractivity contribution >= 4 is 39.1 Å². The molecule has 1 aromatic rings. The predicted octanol–water partition coefficient (Wildman–Crippen LogP) is 13.5. The Bertz CT molecular complexity index is 1560. The summed E-state index contributed by atoms with van der Waals surface area (Å²) in [7, 11) is -4.55. The van der Waals surface area contributed by atoms with E-state index in [4.69, 9.17) is 50.9 Å². The molecule has 1 fully saturated rings. The normalized spacial score (nSPS) is 21.8. The van der Waals surface area contributed by atoms with Gasteiger partial charge in [-0.15, -0.1) is 0 Å². The molecule has 2 rings (SSSR count). The second-order valence-electron chi connectivity index (χ2n) is 22.8. The summed E-state index contributed by atoms with van der Waals surface area (Å²) < 4.78 is 72.2. The van der Waals surface area contributed by atoms with Gasteiger partial charge in [0.05, 0.1) is 38.1 Å². The number of hydrogen-bond donors (Lipinski definition) is 0. The molecule has 404 valence electrons. The van der Waals surface area contributed by atoms with Crippen molar-refractivity contribution < 1.29 is 55.7 Å². The molecule has 0 spiro atoms. The standard InChI is InChI=1S/C53H104O12Si4/c1-22-68(23-2,24-3)62-45(30-28-29-35-58-37-42-31-33-43(57-17)34-32-42)40(7)46(63-69(25-4,26-5)27-6)36-44(54)49(64-66(18,19)52(9,10)11)48-41(8)47(59-38-55-15)50(60-39-56-16)51(61-48)65-67(20,21)53(12,13)14/h31-34,40-41,45-51H,22-30,35-39H2,1-21H3/t40-,41+,45+,46-,47+,48+,49+,50-,51+/m0/s1. The second-order valence-corrected chi connectivity index (χ2v) is 41.8. The van der Waals surface area contributed by atoms with Crippen molar-refractivity contribution in [2.75, 3.05) is 41.5 Å². The average molecular weight is 1050 g/mol. The van der Waals surface area contributed by atoms with Crippen LogP contribution in [0.3, 0.4) is 0 Å². The highest BCUT2D eigenvalue weighted by molar-refractivity contribution is 6.75. The smallest absolute Gasteiger partial charge is 0.195 e. The minimum Gasteiger partial charge on any atom is -0.497 e. The van der Waals surface area contributed by atoms with E-state index >= 15 is 4.79 Å². The number of methoxy groups -OCH3 is 3. The molecule has 0 aromatic heterocycles. The molecule has 9 atom stereocenters. The molecule has 1 aliphatic rings. The van der Waals surface area contributed by atoms with E-state index in [1.807, 2.05) is 12.1 Å². The van der Waals surface area contributed by atoms with Crippen LogP contribution in [-0.2, 0) is 57.5 Å². The summed E-state index contributed by atoms with van der Waals surface area (Å²) in [5, 5.41) is -0.331. The summed E-state index contributed by atoms with van der Waals surface area (Å²) in [5.41, 5.74) is 1.12. The third kappa shape index (κ3) is 18.5. The van der Waals surface area contributed by atoms with Crippen molar-refractivity contribution in [3.8, 4) is 5.75 Å². The number of unbranched alkanes of at least 4 members (excludes halogenated alkanes) is 1. The molecule has 16 heteroatoms. The fourth-order valence-corrected chi connectivity index (χ4v) is 17.1. The summed E-state index contributed by atoms with van der Waals surface area (Å²) in [6, 6.07) is 14.0. The van der Waals surface area contributed by atoms with Crippen LogP contribution in [0.25, 0.3) is 0 Å². The van der Waals surface area contributed by atoms with Gasteiger partial charge >= 0.3 is 0 Å². The van der Waals surface area contributed by atoms with Crippen molar-refractivity contribution in [3.63, 3.8) is 0 Å². The third-order valence-electron chi connectivity index (χ3n) is 16.4. The average Bonchev–Trinajstić information content (AvgIpc) is 3.30. The number of hydrogen-bond acceptors (Lipinski definition) is 12. The number of ketones is 1. The van der Waals surface area contributed by atoms with E-state index in [1.165, 1.54) is 0 Å². The van der Waals surface area contributed by atoms with E-state index in [9.17, 15) is 0 Å². The number of rotatable bonds is 34. The van der Waals surface area contributed by atoms with Gasteiger partial charge in [0.2, 0.25) is 0 Å². The molecule has 69 heavy (non-hydrogen) atoms. The van der Waals surface area contributed by atoms with Crippen LogP contribution in [0.15, 0.2) is 24.3 Å². The predicted molar refractivity (Wildman–Crippen MR) is 291 cm³/mol. The first-order valence-electron chi connectivity index (χ1n) is 26.6. The van der Waals surface area contributed by atoms with Gasteiger partial charge in [0, 0.05) is 39.1 Å². The summed E-state index contributed by atoms with van der Waals surface area (Å²) in [5.74, 6) is 0.382. The number of carbonyl (C=O) groups excluding carboxylic acids is 1. The molecule has 0 amide bonds. The van der Waals surface area contributed by atoms with Crippen LogP contribution in [0.1, 0.15) is 128 Å². The monoisotopic (exact) mass is 1040 g/mol. The minimum absolute atomic E-state index is 0.0193. The Morgan fingerprint density at radius 1 is 0.681 bits per heavy atom. The Kier molecular flexibility index (Phi) is 27.3. The first kappa shape index (κ1) is 64.3. The molecular formula is C53H104O12Si4. The lowest BCUT2D eigenvalue weighted by molar-refractivity contribution is -0.307. The van der Waals surface area contributed by atoms with E-state index in [0.29, 0.717) is 13.2 Å². The Labute approximate surface area is 426 Å². The Balaban J connectivity index is 2.75. The number of ether oxygens (including phenoxy) is 7. The third-order valence-corrected chi connectivity index (χ3v) is 34.7. The highest BCUT2D eigenvalue weighted by Crippen LogP contribution is 2.44. The van der Waals surface area contributed by atoms with Crippen LogP contribution >= 0.6 is 0 Å². The van der Waals surface area contributed by atoms with Gasteiger partial charge in [-0.1, -0.05) is 109 Å². The molecule has 1 heterocycles. The lowest BCUT2D eigenvalue weighted by Gasteiger charge is -2.51. The first-order valence-corrected chi connectivity index (χ1v) is 37.4. The molecule has 1 saturated heterocycles. The van der Waals surface area contributed by atoms with Crippen molar-refractivity contribution in [1.29, 1.82) is 0 Å². The SMILES string of the molecule is CC[Si](CC)(CC)O[C@@H](CC(=O)[C@@H](O[Si](C)(C)C(C)(C)C)[C@@H]1O[C@H](O[Si](C)(C)C(C)(C)C)[C@@H](OCOC)[C@H](OCOC)[C@H]1C)[C@@H](C)[C@@H](CCCCOCc1ccc(OC)cc1)O[Si](CC)(CC)CC. The lowest BCUT2D eigenvalue weighted by Crippen LogP contribution is -2.64. The molecule has 0 saturated carbocycles. The molecule has 1 aromatic carbocycles. The van der Waals surface area contributed by atoms with Gasteiger partial charge in [-0.3, -0.25) is 4.79 Å². The number of Topliss-reactive ketones (excluding diaryl/α,β-unsaturated/α-hetero) is 1. The van der Waals surface area contributed by atoms with E-state index < -0.39 is 64.0 Å². The maximum Gasteiger partial charge on any atom is 0.195 e. The molecule has 0 N–H and O–H groups in total. The van der Waals surface area contributed by atoms with Gasteiger partial charge in [0.25, 0.3) is 0 Å². The first-order chi connectivity index (χ1) is 32.2. The molecule has 12 nitrogen and oxygen atoms in total. The molecular weight excluding hydrogens is 941 g/mol. The van der Waals surface area contributed by atoms with Gasteiger partial charge in [-0.25, -0.2) is 0 Å². The maximum atomic E-state index is 15.9. The fourth-order valence-electron chi connectivity index (χ4n) is 8.85. The quantitative estimate of drug-likeness (QED) is 0.0371. The molecule has 0 radical (unpaired) electrons. The van der Waals surface area contributed by atoms with Crippen LogP contribution in [0.2, 0.25) is 72.5 Å². The van der Waals surface area contributed by atoms with E-state index in [1.54, 1.807) is 21.3 Å². The highest BCUT2D eigenvalue weighted by Gasteiger charge is 2.55. The maximum absolute atomic E-state index is 15.9. The Morgan fingerprint density at radius 2 is 1.17 bits per heavy atom. The van der Waals surface area contributed by atoms with Gasteiger partial charge in [-0.2, -0.15) is 0 Å². The van der Waals surface area contributed by atoms with Crippen molar-refractivity contribution in [2.45, 2.75) is 245 Å². The van der Waals surface area contributed by atoms with Gasteiger partial charge in [-0.05, 0) is 109 Å². The van der Waals surface area contributed by atoms with Crippen molar-refractivity contribution in [3.05, 3.63) is 29.8 Å². The van der Waals surface area contributed by atoms with Crippen LogP contribution in [0, 0.1) is 11.8 Å². The van der Waals surface area contributed by atoms with Gasteiger partial charge in [0.1, 0.15) is 31.5 Å². The fraction of sp³-hybridized carbons (Fsp3) is 0.868. The Morgan fingerprint density at radius 3 is 1.64 bits per heavy atom. The molecule has 0 aliphatic carbocycles. The zero-order valence-corrected chi connectivity index (χ0v) is 51.8. The topological polar surface area (TPSA) is 119 Å². The van der Waals surface area contributed by atoms with E-state index in [-0.39, 0.29) is 59.9 Å². The summed E-state index contributed by atoms with van der Waals surface area (Å²) in [6.07, 6.45) is -1.34. The van der Waals surface area contributed by atoms with Crippen molar-refractivity contribution in [1.82, 2.24) is 0 Å². The number of carbonyl (C=O) groups is 1. The lowest BCUT2D eigenvalue weighted by atomic mass is 9.84. The minimum atomic E-state index is -2.62.